The van der Waals surface area contributed by atoms with Crippen LogP contribution < -0.4 is 10.1 Å². The molecule has 0 radical (unpaired) electrons. The van der Waals surface area contributed by atoms with Crippen molar-refractivity contribution in [3.05, 3.63) is 42.5 Å². The third kappa shape index (κ3) is 5.18. The number of fused-ring (bicyclic) bond motifs is 1. The molecule has 0 aromatic heterocycles. The maximum Gasteiger partial charge on any atom is 0.260 e. The van der Waals surface area contributed by atoms with Gasteiger partial charge in [0.15, 0.2) is 6.10 Å². The molecule has 2 aromatic rings. The van der Waals surface area contributed by atoms with Crippen LogP contribution in [0, 0.1) is 0 Å². The number of amides is 1. The molecule has 5 nitrogen and oxygen atoms in total. The van der Waals surface area contributed by atoms with Crippen LogP contribution in [0.4, 0.5) is 0 Å². The van der Waals surface area contributed by atoms with Gasteiger partial charge in [0.25, 0.3) is 5.91 Å². The van der Waals surface area contributed by atoms with E-state index in [0.717, 1.165) is 55.8 Å². The van der Waals surface area contributed by atoms with Crippen LogP contribution in [0.15, 0.2) is 42.5 Å². The summed E-state index contributed by atoms with van der Waals surface area (Å²) in [5.74, 6) is 0.643. The van der Waals surface area contributed by atoms with Crippen molar-refractivity contribution < 1.29 is 14.3 Å². The van der Waals surface area contributed by atoms with Crippen LogP contribution >= 0.6 is 0 Å². The standard InChI is InChI=1S/C20H26N2O3/c1-16(20(23)21-9-4-10-22-11-13-24-14-12-22)25-19-8-7-17-5-2-3-6-18(17)15-19/h2-3,5-8,15-16H,4,9-14H2,1H3,(H,21,23)/t16-/m1/s1. The largest absolute Gasteiger partial charge is 0.481 e. The van der Waals surface area contributed by atoms with Gasteiger partial charge in [0.05, 0.1) is 13.2 Å². The van der Waals surface area contributed by atoms with Crippen LogP contribution in [-0.4, -0.2) is 56.3 Å². The molecular weight excluding hydrogens is 316 g/mol. The Morgan fingerprint density at radius 1 is 1.20 bits per heavy atom. The minimum Gasteiger partial charge on any atom is -0.481 e. The summed E-state index contributed by atoms with van der Waals surface area (Å²) in [7, 11) is 0. The highest BCUT2D eigenvalue weighted by Gasteiger charge is 2.15. The third-order valence-electron chi connectivity index (χ3n) is 4.46. The van der Waals surface area contributed by atoms with E-state index in [1.807, 2.05) is 36.4 Å². The second kappa shape index (κ2) is 8.83. The number of hydrogen-bond donors (Lipinski definition) is 1. The zero-order valence-electron chi connectivity index (χ0n) is 14.7. The van der Waals surface area contributed by atoms with Gasteiger partial charge in [-0.2, -0.15) is 0 Å². The highest BCUT2D eigenvalue weighted by molar-refractivity contribution is 5.84. The number of morpholine rings is 1. The predicted molar refractivity (Wildman–Crippen MR) is 98.9 cm³/mol. The van der Waals surface area contributed by atoms with Gasteiger partial charge < -0.3 is 14.8 Å². The van der Waals surface area contributed by atoms with E-state index in [-0.39, 0.29) is 5.91 Å². The van der Waals surface area contributed by atoms with Gasteiger partial charge in [-0.1, -0.05) is 30.3 Å². The summed E-state index contributed by atoms with van der Waals surface area (Å²) >= 11 is 0. The lowest BCUT2D eigenvalue weighted by molar-refractivity contribution is -0.127. The van der Waals surface area contributed by atoms with Crippen molar-refractivity contribution in [2.75, 3.05) is 39.4 Å². The summed E-state index contributed by atoms with van der Waals surface area (Å²) in [6.45, 7) is 7.02. The summed E-state index contributed by atoms with van der Waals surface area (Å²) in [6, 6.07) is 14.0. The molecule has 5 heteroatoms. The minimum atomic E-state index is -0.510. The topological polar surface area (TPSA) is 50.8 Å². The first-order chi connectivity index (χ1) is 12.2. The molecule has 0 unspecified atom stereocenters. The average Bonchev–Trinajstić information content (AvgIpc) is 2.65. The van der Waals surface area contributed by atoms with Gasteiger partial charge in [0, 0.05) is 19.6 Å². The lowest BCUT2D eigenvalue weighted by Gasteiger charge is -2.26. The second-order valence-corrected chi connectivity index (χ2v) is 6.37. The highest BCUT2D eigenvalue weighted by atomic mass is 16.5. The number of rotatable bonds is 7. The van der Waals surface area contributed by atoms with Gasteiger partial charge in [-0.3, -0.25) is 9.69 Å². The lowest BCUT2D eigenvalue weighted by Crippen LogP contribution is -2.40. The Balaban J connectivity index is 1.42. The van der Waals surface area contributed by atoms with Crippen molar-refractivity contribution in [1.29, 1.82) is 0 Å². The maximum absolute atomic E-state index is 12.2. The monoisotopic (exact) mass is 342 g/mol. The Hall–Kier alpha value is -2.11. The van der Waals surface area contributed by atoms with Crippen LogP contribution in [0.5, 0.6) is 5.75 Å². The SMILES string of the molecule is C[C@@H](Oc1ccc2ccccc2c1)C(=O)NCCCN1CCOCC1. The fourth-order valence-electron chi connectivity index (χ4n) is 2.98. The molecule has 1 saturated heterocycles. The Bertz CT molecular complexity index is 698. The van der Waals surface area contributed by atoms with Gasteiger partial charge in [0.1, 0.15) is 5.75 Å². The number of benzene rings is 2. The molecule has 0 bridgehead atoms. The fraction of sp³-hybridized carbons (Fsp3) is 0.450. The zero-order valence-corrected chi connectivity index (χ0v) is 14.7. The van der Waals surface area contributed by atoms with Crippen LogP contribution in [0.2, 0.25) is 0 Å². The van der Waals surface area contributed by atoms with Crippen molar-refractivity contribution in [3.63, 3.8) is 0 Å². The number of ether oxygens (including phenoxy) is 2. The predicted octanol–water partition coefficient (Wildman–Crippen LogP) is 2.45. The Morgan fingerprint density at radius 3 is 2.76 bits per heavy atom. The summed E-state index contributed by atoms with van der Waals surface area (Å²) in [5.41, 5.74) is 0. The lowest BCUT2D eigenvalue weighted by atomic mass is 10.1. The molecule has 1 N–H and O–H groups in total. The van der Waals surface area contributed by atoms with Crippen molar-refractivity contribution >= 4 is 16.7 Å². The number of carbonyl (C=O) groups is 1. The van der Waals surface area contributed by atoms with Crippen molar-refractivity contribution in [3.8, 4) is 5.75 Å². The molecule has 1 aliphatic heterocycles. The Labute approximate surface area is 148 Å². The van der Waals surface area contributed by atoms with E-state index in [4.69, 9.17) is 9.47 Å². The molecule has 2 aromatic carbocycles. The number of carbonyl (C=O) groups excluding carboxylic acids is 1. The smallest absolute Gasteiger partial charge is 0.260 e. The molecule has 1 amide bonds. The van der Waals surface area contributed by atoms with Crippen LogP contribution in [0.25, 0.3) is 10.8 Å². The third-order valence-corrected chi connectivity index (χ3v) is 4.46. The molecule has 1 heterocycles. The molecule has 3 rings (SSSR count). The van der Waals surface area contributed by atoms with Gasteiger partial charge in [-0.15, -0.1) is 0 Å². The first-order valence-electron chi connectivity index (χ1n) is 8.95. The van der Waals surface area contributed by atoms with E-state index in [0.29, 0.717) is 6.54 Å². The minimum absolute atomic E-state index is 0.0739. The van der Waals surface area contributed by atoms with Crippen LogP contribution in [0.3, 0.4) is 0 Å². The molecule has 0 aliphatic carbocycles. The molecule has 134 valence electrons. The van der Waals surface area contributed by atoms with Crippen LogP contribution in [-0.2, 0) is 9.53 Å². The summed E-state index contributed by atoms with van der Waals surface area (Å²) in [4.78, 5) is 14.6. The Kier molecular flexibility index (Phi) is 6.25. The molecule has 1 aliphatic rings. The Morgan fingerprint density at radius 2 is 1.96 bits per heavy atom. The van der Waals surface area contributed by atoms with Crippen molar-refractivity contribution in [2.45, 2.75) is 19.4 Å². The number of nitrogens with one attached hydrogen (secondary N) is 1. The molecule has 0 saturated carbocycles. The van der Waals surface area contributed by atoms with Gasteiger partial charge in [0.2, 0.25) is 0 Å². The van der Waals surface area contributed by atoms with E-state index in [9.17, 15) is 4.79 Å². The molecular formula is C20H26N2O3. The van der Waals surface area contributed by atoms with E-state index >= 15 is 0 Å². The first-order valence-corrected chi connectivity index (χ1v) is 8.95. The normalized spacial score (nSPS) is 16.5. The quantitative estimate of drug-likeness (QED) is 0.785. The highest BCUT2D eigenvalue weighted by Crippen LogP contribution is 2.21. The number of hydrogen-bond acceptors (Lipinski definition) is 4. The van der Waals surface area contributed by atoms with Crippen molar-refractivity contribution in [1.82, 2.24) is 10.2 Å². The van der Waals surface area contributed by atoms with Gasteiger partial charge in [-0.25, -0.2) is 0 Å². The van der Waals surface area contributed by atoms with E-state index in [1.54, 1.807) is 6.92 Å². The summed E-state index contributed by atoms with van der Waals surface area (Å²) in [5, 5.41) is 5.23. The second-order valence-electron chi connectivity index (χ2n) is 6.37. The fourth-order valence-corrected chi connectivity index (χ4v) is 2.98. The van der Waals surface area contributed by atoms with E-state index < -0.39 is 6.10 Å². The van der Waals surface area contributed by atoms with Gasteiger partial charge >= 0.3 is 0 Å². The summed E-state index contributed by atoms with van der Waals surface area (Å²) < 4.78 is 11.1. The molecule has 25 heavy (non-hydrogen) atoms. The maximum atomic E-state index is 12.2. The molecule has 1 atom stereocenters. The van der Waals surface area contributed by atoms with Gasteiger partial charge in [-0.05, 0) is 42.8 Å². The number of nitrogens with zero attached hydrogens (tertiary/aromatic N) is 1. The van der Waals surface area contributed by atoms with E-state index in [2.05, 4.69) is 16.3 Å². The van der Waals surface area contributed by atoms with Crippen LogP contribution in [0.1, 0.15) is 13.3 Å². The summed E-state index contributed by atoms with van der Waals surface area (Å²) in [6.07, 6.45) is 0.429. The zero-order chi connectivity index (χ0) is 17.5. The van der Waals surface area contributed by atoms with Crippen molar-refractivity contribution in [2.24, 2.45) is 0 Å². The average molecular weight is 342 g/mol. The first kappa shape index (κ1) is 17.7. The van der Waals surface area contributed by atoms with E-state index in [1.165, 1.54) is 0 Å². The molecule has 0 spiro atoms. The molecule has 1 fully saturated rings.